The Kier molecular flexibility index (Phi) is 4.34. The van der Waals surface area contributed by atoms with Gasteiger partial charge in [-0.1, -0.05) is 0 Å². The van der Waals surface area contributed by atoms with Crippen molar-refractivity contribution in [3.8, 4) is 0 Å². The molecule has 2 aromatic heterocycles. The van der Waals surface area contributed by atoms with Crippen molar-refractivity contribution in [2.45, 2.75) is 37.5 Å². The molecule has 1 aliphatic carbocycles. The molecular formula is C17H24N6O3S. The van der Waals surface area contributed by atoms with Gasteiger partial charge in [-0.05, 0) is 26.7 Å². The van der Waals surface area contributed by atoms with Crippen LogP contribution < -0.4 is 10.2 Å². The normalized spacial score (nSPS) is 21.9. The number of rotatable bonds is 5. The van der Waals surface area contributed by atoms with Crippen molar-refractivity contribution in [2.75, 3.05) is 36.2 Å². The number of hydrogen-bond donors (Lipinski definition) is 2. The van der Waals surface area contributed by atoms with Crippen molar-refractivity contribution in [1.29, 1.82) is 0 Å². The van der Waals surface area contributed by atoms with Crippen LogP contribution in [0.5, 0.6) is 0 Å². The number of hydrogen-bond acceptors (Lipinski definition) is 8. The number of anilines is 3. The van der Waals surface area contributed by atoms with E-state index in [1.807, 2.05) is 19.1 Å². The number of sulfone groups is 1. The Balaban J connectivity index is 1.76. The molecule has 2 aromatic rings. The molecule has 0 amide bonds. The average Bonchev–Trinajstić information content (AvgIpc) is 3.34. The van der Waals surface area contributed by atoms with Gasteiger partial charge in [0.1, 0.15) is 16.4 Å². The van der Waals surface area contributed by atoms with E-state index in [1.165, 1.54) is 6.26 Å². The van der Waals surface area contributed by atoms with Gasteiger partial charge in [-0.15, -0.1) is 0 Å². The SMILES string of the molecule is Cc1cc(Nc2nc(N3CCOC[C@H]3C)cc(C3(S(C)(=O)=O)CC3)n2)[nH]n1. The van der Waals surface area contributed by atoms with E-state index in [1.54, 1.807) is 0 Å². The van der Waals surface area contributed by atoms with Gasteiger partial charge in [-0.3, -0.25) is 5.10 Å². The topological polar surface area (TPSA) is 113 Å². The summed E-state index contributed by atoms with van der Waals surface area (Å²) in [5, 5.41) is 10.1. The third-order valence-electron chi connectivity index (χ3n) is 5.21. The van der Waals surface area contributed by atoms with Crippen LogP contribution in [0.1, 0.15) is 31.2 Å². The predicted molar refractivity (Wildman–Crippen MR) is 102 cm³/mol. The molecule has 1 saturated carbocycles. The Bertz CT molecular complexity index is 953. The van der Waals surface area contributed by atoms with Crippen LogP contribution in [0.2, 0.25) is 0 Å². The summed E-state index contributed by atoms with van der Waals surface area (Å²) in [5.74, 6) is 1.74. The summed E-state index contributed by atoms with van der Waals surface area (Å²) in [6.45, 7) is 5.87. The second-order valence-electron chi connectivity index (χ2n) is 7.37. The van der Waals surface area contributed by atoms with Crippen LogP contribution in [-0.4, -0.2) is 60.6 Å². The molecule has 2 N–H and O–H groups in total. The zero-order chi connectivity index (χ0) is 19.2. The summed E-state index contributed by atoms with van der Waals surface area (Å²) in [6.07, 6.45) is 2.46. The van der Waals surface area contributed by atoms with Crippen LogP contribution in [0.3, 0.4) is 0 Å². The van der Waals surface area contributed by atoms with Crippen molar-refractivity contribution in [2.24, 2.45) is 0 Å². The fraction of sp³-hybridized carbons (Fsp3) is 0.588. The highest BCUT2D eigenvalue weighted by molar-refractivity contribution is 7.91. The van der Waals surface area contributed by atoms with Crippen molar-refractivity contribution in [3.05, 3.63) is 23.5 Å². The molecule has 2 fully saturated rings. The number of morpholine rings is 1. The van der Waals surface area contributed by atoms with Crippen molar-refractivity contribution in [1.82, 2.24) is 20.2 Å². The Labute approximate surface area is 158 Å². The first-order valence-electron chi connectivity index (χ1n) is 9.01. The lowest BCUT2D eigenvalue weighted by Gasteiger charge is -2.34. The molecule has 0 radical (unpaired) electrons. The van der Waals surface area contributed by atoms with E-state index in [0.29, 0.717) is 55.9 Å². The van der Waals surface area contributed by atoms with Gasteiger partial charge >= 0.3 is 0 Å². The second-order valence-corrected chi connectivity index (χ2v) is 9.69. The predicted octanol–water partition coefficient (Wildman–Crippen LogP) is 1.51. The molecule has 146 valence electrons. The van der Waals surface area contributed by atoms with Gasteiger partial charge < -0.3 is 15.0 Å². The van der Waals surface area contributed by atoms with Crippen LogP contribution in [0.15, 0.2) is 12.1 Å². The third kappa shape index (κ3) is 3.39. The number of nitrogens with zero attached hydrogens (tertiary/aromatic N) is 4. The van der Waals surface area contributed by atoms with Crippen LogP contribution >= 0.6 is 0 Å². The minimum Gasteiger partial charge on any atom is -0.377 e. The standard InChI is InChI=1S/C17H24N6O3S/c1-11-8-14(22-21-11)19-16-18-13(17(4-5-17)27(3,24)25)9-15(20-16)23-6-7-26-10-12(23)2/h8-9,12H,4-7,10H2,1-3H3,(H2,18,19,20,21,22)/t12-/m1/s1. The molecule has 1 aliphatic heterocycles. The maximum absolute atomic E-state index is 12.4. The number of aryl methyl sites for hydroxylation is 1. The maximum Gasteiger partial charge on any atom is 0.230 e. The molecule has 4 rings (SSSR count). The number of aromatic amines is 1. The van der Waals surface area contributed by atoms with E-state index in [-0.39, 0.29) is 6.04 Å². The van der Waals surface area contributed by atoms with Gasteiger partial charge in [0.2, 0.25) is 5.95 Å². The molecule has 2 aliphatic rings. The lowest BCUT2D eigenvalue weighted by Crippen LogP contribution is -2.44. The first kappa shape index (κ1) is 18.2. The maximum atomic E-state index is 12.4. The van der Waals surface area contributed by atoms with Gasteiger partial charge in [0.15, 0.2) is 9.84 Å². The quantitative estimate of drug-likeness (QED) is 0.787. The first-order valence-corrected chi connectivity index (χ1v) is 10.9. The highest BCUT2D eigenvalue weighted by atomic mass is 32.2. The fourth-order valence-corrected chi connectivity index (χ4v) is 4.80. The molecule has 9 nitrogen and oxygen atoms in total. The highest BCUT2D eigenvalue weighted by Gasteiger charge is 2.55. The monoisotopic (exact) mass is 392 g/mol. The number of nitrogens with one attached hydrogen (secondary N) is 2. The molecule has 10 heteroatoms. The molecule has 1 saturated heterocycles. The first-order chi connectivity index (χ1) is 12.8. The van der Waals surface area contributed by atoms with Crippen molar-refractivity contribution >= 4 is 27.4 Å². The minimum absolute atomic E-state index is 0.150. The van der Waals surface area contributed by atoms with Crippen LogP contribution in [0.25, 0.3) is 0 Å². The summed E-state index contributed by atoms with van der Waals surface area (Å²) >= 11 is 0. The van der Waals surface area contributed by atoms with Gasteiger partial charge in [0.05, 0.1) is 30.6 Å². The third-order valence-corrected chi connectivity index (χ3v) is 7.24. The summed E-state index contributed by atoms with van der Waals surface area (Å²) < 4.78 is 29.4. The Hall–Kier alpha value is -2.20. The van der Waals surface area contributed by atoms with E-state index in [4.69, 9.17) is 4.74 Å². The van der Waals surface area contributed by atoms with E-state index in [0.717, 1.165) is 5.69 Å². The Morgan fingerprint density at radius 3 is 2.70 bits per heavy atom. The zero-order valence-electron chi connectivity index (χ0n) is 15.7. The molecule has 0 bridgehead atoms. The number of H-pyrrole nitrogens is 1. The van der Waals surface area contributed by atoms with Crippen molar-refractivity contribution in [3.63, 3.8) is 0 Å². The molecule has 1 atom stereocenters. The van der Waals surface area contributed by atoms with Crippen LogP contribution in [0.4, 0.5) is 17.6 Å². The van der Waals surface area contributed by atoms with Gasteiger partial charge in [-0.2, -0.15) is 10.1 Å². The Morgan fingerprint density at radius 1 is 1.33 bits per heavy atom. The second kappa shape index (κ2) is 6.45. The minimum atomic E-state index is -3.27. The zero-order valence-corrected chi connectivity index (χ0v) is 16.5. The summed E-state index contributed by atoms with van der Waals surface area (Å²) in [7, 11) is -3.27. The van der Waals surface area contributed by atoms with Gasteiger partial charge in [0, 0.05) is 24.9 Å². The van der Waals surface area contributed by atoms with Crippen LogP contribution in [-0.2, 0) is 19.3 Å². The largest absolute Gasteiger partial charge is 0.377 e. The molecule has 0 spiro atoms. The summed E-state index contributed by atoms with van der Waals surface area (Å²) in [6, 6.07) is 3.81. The van der Waals surface area contributed by atoms with E-state index in [2.05, 4.69) is 37.3 Å². The highest BCUT2D eigenvalue weighted by Crippen LogP contribution is 2.52. The lowest BCUT2D eigenvalue weighted by atomic mass is 10.2. The number of aromatic nitrogens is 4. The summed E-state index contributed by atoms with van der Waals surface area (Å²) in [4.78, 5) is 11.3. The Morgan fingerprint density at radius 2 is 2.11 bits per heavy atom. The van der Waals surface area contributed by atoms with E-state index in [9.17, 15) is 8.42 Å². The average molecular weight is 392 g/mol. The molecular weight excluding hydrogens is 368 g/mol. The van der Waals surface area contributed by atoms with Gasteiger partial charge in [0.25, 0.3) is 0 Å². The van der Waals surface area contributed by atoms with E-state index < -0.39 is 14.6 Å². The fourth-order valence-electron chi connectivity index (χ4n) is 3.48. The smallest absolute Gasteiger partial charge is 0.230 e. The van der Waals surface area contributed by atoms with Crippen LogP contribution in [0, 0.1) is 6.92 Å². The molecule has 27 heavy (non-hydrogen) atoms. The van der Waals surface area contributed by atoms with E-state index >= 15 is 0 Å². The van der Waals surface area contributed by atoms with Gasteiger partial charge in [-0.25, -0.2) is 13.4 Å². The summed E-state index contributed by atoms with van der Waals surface area (Å²) in [5.41, 5.74) is 1.39. The molecule has 0 aromatic carbocycles. The van der Waals surface area contributed by atoms with Crippen molar-refractivity contribution < 1.29 is 13.2 Å². The lowest BCUT2D eigenvalue weighted by molar-refractivity contribution is 0.0985. The number of ether oxygens (including phenoxy) is 1. The molecule has 0 unspecified atom stereocenters. The molecule has 3 heterocycles.